The lowest BCUT2D eigenvalue weighted by molar-refractivity contribution is 0.0863. The van der Waals surface area contributed by atoms with Crippen LogP contribution in [0, 0.1) is 12.7 Å². The molecule has 2 rings (SSSR count). The summed E-state index contributed by atoms with van der Waals surface area (Å²) in [6.45, 7) is 11.6. The van der Waals surface area contributed by atoms with Gasteiger partial charge in [0.25, 0.3) is 0 Å². The predicted molar refractivity (Wildman–Crippen MR) is 77.7 cm³/mol. The molecule has 106 valence electrons. The Labute approximate surface area is 116 Å². The number of aryl methyl sites for hydroxylation is 1. The molecule has 0 aromatic heterocycles. The van der Waals surface area contributed by atoms with E-state index in [1.54, 1.807) is 6.07 Å². The van der Waals surface area contributed by atoms with E-state index in [0.717, 1.165) is 31.6 Å². The second-order valence-electron chi connectivity index (χ2n) is 6.12. The average molecular weight is 264 g/mol. The maximum atomic E-state index is 13.4. The molecule has 19 heavy (non-hydrogen) atoms. The summed E-state index contributed by atoms with van der Waals surface area (Å²) in [7, 11) is 0. The molecule has 1 saturated heterocycles. The van der Waals surface area contributed by atoms with Crippen LogP contribution in [0.15, 0.2) is 18.2 Å². The summed E-state index contributed by atoms with van der Waals surface area (Å²) in [6.07, 6.45) is 1.11. The summed E-state index contributed by atoms with van der Waals surface area (Å²) in [4.78, 5) is 2.46. The number of piperazine rings is 1. The lowest BCUT2D eigenvalue weighted by atomic mass is 9.93. The Morgan fingerprint density at radius 1 is 1.47 bits per heavy atom. The van der Waals surface area contributed by atoms with Gasteiger partial charge in [0.05, 0.1) is 0 Å². The molecule has 2 atom stereocenters. The molecular weight excluding hydrogens is 239 g/mol. The van der Waals surface area contributed by atoms with Crippen LogP contribution in [0.5, 0.6) is 0 Å². The molecule has 2 nitrogen and oxygen atoms in total. The Balaban J connectivity index is 2.14. The fraction of sp³-hybridized carbons (Fsp3) is 0.625. The first-order valence-corrected chi connectivity index (χ1v) is 7.17. The Kier molecular flexibility index (Phi) is 4.26. The predicted octanol–water partition coefficient (Wildman–Crippen LogP) is 3.10. The van der Waals surface area contributed by atoms with Crippen LogP contribution in [0.25, 0.3) is 0 Å². The Morgan fingerprint density at radius 3 is 2.89 bits per heavy atom. The molecule has 1 aliphatic heterocycles. The molecule has 1 heterocycles. The zero-order valence-electron chi connectivity index (χ0n) is 12.5. The Morgan fingerprint density at radius 2 is 2.21 bits per heavy atom. The molecule has 1 fully saturated rings. The average Bonchev–Trinajstić information content (AvgIpc) is 2.38. The second-order valence-corrected chi connectivity index (χ2v) is 6.12. The van der Waals surface area contributed by atoms with Crippen LogP contribution < -0.4 is 5.32 Å². The van der Waals surface area contributed by atoms with Crippen LogP contribution in [0.3, 0.4) is 0 Å². The number of benzene rings is 1. The highest BCUT2D eigenvalue weighted by Crippen LogP contribution is 2.22. The van der Waals surface area contributed by atoms with Crippen LogP contribution in [0.1, 0.15) is 38.3 Å². The number of nitrogens with zero attached hydrogens (tertiary/aromatic N) is 1. The van der Waals surface area contributed by atoms with Crippen molar-refractivity contribution in [2.24, 2.45) is 0 Å². The smallest absolute Gasteiger partial charge is 0.123 e. The zero-order valence-corrected chi connectivity index (χ0v) is 12.5. The number of nitrogens with one attached hydrogen (secondary N) is 1. The van der Waals surface area contributed by atoms with Gasteiger partial charge < -0.3 is 5.32 Å². The topological polar surface area (TPSA) is 15.3 Å². The van der Waals surface area contributed by atoms with Gasteiger partial charge in [0.1, 0.15) is 5.82 Å². The molecule has 1 aromatic rings. The first-order chi connectivity index (χ1) is 8.93. The van der Waals surface area contributed by atoms with Crippen LogP contribution in [-0.4, -0.2) is 29.6 Å². The van der Waals surface area contributed by atoms with E-state index >= 15 is 0 Å². The molecule has 1 aromatic carbocycles. The third-order valence-electron chi connectivity index (χ3n) is 4.46. The fourth-order valence-electron chi connectivity index (χ4n) is 2.66. The third-order valence-corrected chi connectivity index (χ3v) is 4.46. The van der Waals surface area contributed by atoms with E-state index in [9.17, 15) is 4.39 Å². The van der Waals surface area contributed by atoms with Gasteiger partial charge in [0.2, 0.25) is 0 Å². The van der Waals surface area contributed by atoms with Crippen molar-refractivity contribution in [3.05, 3.63) is 35.1 Å². The molecule has 3 heteroatoms. The summed E-state index contributed by atoms with van der Waals surface area (Å²) in [5, 5.41) is 3.62. The van der Waals surface area contributed by atoms with E-state index in [1.807, 2.05) is 6.07 Å². The van der Waals surface area contributed by atoms with Gasteiger partial charge in [0.15, 0.2) is 0 Å². The third kappa shape index (κ3) is 3.34. The molecule has 0 spiro atoms. The summed E-state index contributed by atoms with van der Waals surface area (Å²) < 4.78 is 13.4. The molecule has 0 aliphatic carbocycles. The van der Waals surface area contributed by atoms with E-state index in [1.165, 1.54) is 11.6 Å². The molecule has 1 N–H and O–H groups in total. The summed E-state index contributed by atoms with van der Waals surface area (Å²) in [5.74, 6) is -0.137. The van der Waals surface area contributed by atoms with Crippen molar-refractivity contribution in [1.29, 1.82) is 0 Å². The lowest BCUT2D eigenvalue weighted by Gasteiger charge is -2.45. The largest absolute Gasteiger partial charge is 0.309 e. The molecule has 0 amide bonds. The van der Waals surface area contributed by atoms with Crippen molar-refractivity contribution in [1.82, 2.24) is 10.2 Å². The zero-order chi connectivity index (χ0) is 14.0. The van der Waals surface area contributed by atoms with E-state index in [0.29, 0.717) is 6.04 Å². The monoisotopic (exact) mass is 264 g/mol. The van der Waals surface area contributed by atoms with E-state index in [4.69, 9.17) is 0 Å². The van der Waals surface area contributed by atoms with E-state index in [2.05, 4.69) is 37.9 Å². The minimum Gasteiger partial charge on any atom is -0.309 e. The Bertz CT molecular complexity index is 446. The summed E-state index contributed by atoms with van der Waals surface area (Å²) >= 11 is 0. The van der Waals surface area contributed by atoms with Crippen LogP contribution >= 0.6 is 0 Å². The maximum absolute atomic E-state index is 13.4. The highest BCUT2D eigenvalue weighted by molar-refractivity contribution is 5.26. The van der Waals surface area contributed by atoms with Gasteiger partial charge in [-0.3, -0.25) is 4.90 Å². The molecule has 2 unspecified atom stereocenters. The summed E-state index contributed by atoms with van der Waals surface area (Å²) in [5.41, 5.74) is 2.45. The Hall–Kier alpha value is -0.930. The molecule has 0 bridgehead atoms. The fourth-order valence-corrected chi connectivity index (χ4v) is 2.66. The quantitative estimate of drug-likeness (QED) is 0.902. The number of hydrogen-bond acceptors (Lipinski definition) is 2. The summed E-state index contributed by atoms with van der Waals surface area (Å²) in [6, 6.07) is 5.57. The second kappa shape index (κ2) is 5.59. The molecule has 0 saturated carbocycles. The van der Waals surface area contributed by atoms with Gasteiger partial charge in [-0.1, -0.05) is 13.0 Å². The van der Waals surface area contributed by atoms with E-state index < -0.39 is 0 Å². The van der Waals surface area contributed by atoms with Crippen LogP contribution in [-0.2, 0) is 6.54 Å². The number of hydrogen-bond donors (Lipinski definition) is 1. The molecular formula is C16H25FN2. The van der Waals surface area contributed by atoms with Gasteiger partial charge in [-0.05, 0) is 50.5 Å². The van der Waals surface area contributed by atoms with Gasteiger partial charge in [-0.25, -0.2) is 4.39 Å². The number of rotatable bonds is 3. The van der Waals surface area contributed by atoms with Gasteiger partial charge in [-0.2, -0.15) is 0 Å². The lowest BCUT2D eigenvalue weighted by Crippen LogP contribution is -2.61. The highest BCUT2D eigenvalue weighted by Gasteiger charge is 2.32. The maximum Gasteiger partial charge on any atom is 0.123 e. The highest BCUT2D eigenvalue weighted by atomic mass is 19.1. The van der Waals surface area contributed by atoms with Crippen LogP contribution in [0.2, 0.25) is 0 Å². The number of halogens is 1. The SMILES string of the molecule is CCC1(C)CN(Cc2cc(F)ccc2C)C(C)CN1. The van der Waals surface area contributed by atoms with Gasteiger partial charge >= 0.3 is 0 Å². The standard InChI is InChI=1S/C16H25FN2/c1-5-16(4)11-19(13(3)9-18-16)10-14-8-15(17)7-6-12(14)2/h6-8,13,18H,5,9-11H2,1-4H3. The first kappa shape index (κ1) is 14.5. The van der Waals surface area contributed by atoms with Crippen molar-refractivity contribution in [3.63, 3.8) is 0 Å². The van der Waals surface area contributed by atoms with Crippen molar-refractivity contribution in [2.75, 3.05) is 13.1 Å². The molecule has 1 aliphatic rings. The normalized spacial score (nSPS) is 28.6. The van der Waals surface area contributed by atoms with Crippen molar-refractivity contribution in [3.8, 4) is 0 Å². The van der Waals surface area contributed by atoms with Crippen LogP contribution in [0.4, 0.5) is 4.39 Å². The first-order valence-electron chi connectivity index (χ1n) is 7.17. The molecule has 0 radical (unpaired) electrons. The minimum absolute atomic E-state index is 0.137. The van der Waals surface area contributed by atoms with E-state index in [-0.39, 0.29) is 11.4 Å². The van der Waals surface area contributed by atoms with Crippen molar-refractivity contribution in [2.45, 2.75) is 52.2 Å². The minimum atomic E-state index is -0.137. The van der Waals surface area contributed by atoms with Gasteiger partial charge in [0, 0.05) is 31.2 Å². The van der Waals surface area contributed by atoms with Crippen molar-refractivity contribution < 1.29 is 4.39 Å². The van der Waals surface area contributed by atoms with Gasteiger partial charge in [-0.15, -0.1) is 0 Å². The van der Waals surface area contributed by atoms with Crippen molar-refractivity contribution >= 4 is 0 Å².